The van der Waals surface area contributed by atoms with Gasteiger partial charge >= 0.3 is 5.69 Å². The maximum atomic E-state index is 12.2. The van der Waals surface area contributed by atoms with Crippen molar-refractivity contribution in [3.05, 3.63) is 45.6 Å². The van der Waals surface area contributed by atoms with E-state index in [-0.39, 0.29) is 18.1 Å². The van der Waals surface area contributed by atoms with Crippen LogP contribution in [0.3, 0.4) is 0 Å². The number of anilines is 1. The van der Waals surface area contributed by atoms with E-state index in [4.69, 9.17) is 0 Å². The summed E-state index contributed by atoms with van der Waals surface area (Å²) in [6.07, 6.45) is 2.85. The molecule has 0 unspecified atom stereocenters. The van der Waals surface area contributed by atoms with Gasteiger partial charge in [0.05, 0.1) is 0 Å². The Morgan fingerprint density at radius 3 is 2.64 bits per heavy atom. The molecule has 0 spiro atoms. The molecule has 0 saturated heterocycles. The van der Waals surface area contributed by atoms with Crippen molar-refractivity contribution in [3.8, 4) is 0 Å². The topological polar surface area (TPSA) is 68.9 Å². The number of aromatic nitrogens is 3. The molecule has 1 amide bonds. The molecule has 0 aliphatic carbocycles. The molecule has 3 rings (SSSR count). The van der Waals surface area contributed by atoms with Crippen LogP contribution in [0.2, 0.25) is 0 Å². The number of fused-ring (bicyclic) bond motifs is 1. The van der Waals surface area contributed by atoms with Crippen molar-refractivity contribution in [3.63, 3.8) is 0 Å². The maximum absolute atomic E-state index is 12.2. The number of amides is 1. The fraction of sp³-hybridized carbons (Fsp3) is 0.438. The van der Waals surface area contributed by atoms with Gasteiger partial charge in [-0.05, 0) is 49.9 Å². The van der Waals surface area contributed by atoms with E-state index in [1.807, 2.05) is 32.0 Å². The SMILES string of the molecule is Cc1cc(C)cc(NC(=O)Cn2nc3n(c2=O)CCCC3)c1. The van der Waals surface area contributed by atoms with Gasteiger partial charge in [0.25, 0.3) is 0 Å². The highest BCUT2D eigenvalue weighted by molar-refractivity contribution is 5.90. The van der Waals surface area contributed by atoms with Gasteiger partial charge in [0.2, 0.25) is 5.91 Å². The van der Waals surface area contributed by atoms with Gasteiger partial charge in [-0.1, -0.05) is 6.07 Å². The second-order valence-electron chi connectivity index (χ2n) is 5.89. The summed E-state index contributed by atoms with van der Waals surface area (Å²) in [5.74, 6) is 0.554. The van der Waals surface area contributed by atoms with E-state index in [0.29, 0.717) is 6.54 Å². The summed E-state index contributed by atoms with van der Waals surface area (Å²) < 4.78 is 2.94. The fourth-order valence-corrected chi connectivity index (χ4v) is 2.93. The lowest BCUT2D eigenvalue weighted by Gasteiger charge is -2.09. The Morgan fingerprint density at radius 2 is 1.95 bits per heavy atom. The number of nitrogens with zero attached hydrogens (tertiary/aromatic N) is 3. The molecular weight excluding hydrogens is 280 g/mol. The van der Waals surface area contributed by atoms with E-state index in [9.17, 15) is 9.59 Å². The molecule has 1 aromatic carbocycles. The molecule has 0 radical (unpaired) electrons. The first kappa shape index (κ1) is 14.6. The Labute approximate surface area is 128 Å². The zero-order valence-corrected chi connectivity index (χ0v) is 12.9. The van der Waals surface area contributed by atoms with Crippen LogP contribution in [0.4, 0.5) is 5.69 Å². The van der Waals surface area contributed by atoms with Gasteiger partial charge in [-0.15, -0.1) is 0 Å². The molecule has 0 bridgehead atoms. The summed E-state index contributed by atoms with van der Waals surface area (Å²) in [5.41, 5.74) is 2.74. The van der Waals surface area contributed by atoms with E-state index in [1.54, 1.807) is 4.57 Å². The highest BCUT2D eigenvalue weighted by atomic mass is 16.2. The standard InChI is InChI=1S/C16H20N4O2/c1-11-7-12(2)9-13(8-11)17-15(21)10-20-16(22)19-6-4-3-5-14(19)18-20/h7-9H,3-6,10H2,1-2H3,(H,17,21). The molecule has 22 heavy (non-hydrogen) atoms. The first-order valence-electron chi connectivity index (χ1n) is 7.57. The zero-order chi connectivity index (χ0) is 15.7. The normalized spacial score (nSPS) is 13.7. The van der Waals surface area contributed by atoms with Crippen LogP contribution < -0.4 is 11.0 Å². The Morgan fingerprint density at radius 1 is 1.23 bits per heavy atom. The number of carbonyl (C=O) groups excluding carboxylic acids is 1. The Hall–Kier alpha value is -2.37. The zero-order valence-electron chi connectivity index (χ0n) is 12.9. The molecule has 0 atom stereocenters. The molecule has 0 saturated carbocycles. The van der Waals surface area contributed by atoms with Gasteiger partial charge in [-0.2, -0.15) is 5.10 Å². The summed E-state index contributed by atoms with van der Waals surface area (Å²) in [7, 11) is 0. The van der Waals surface area contributed by atoms with Gasteiger partial charge in [-0.3, -0.25) is 9.36 Å². The molecule has 1 N–H and O–H groups in total. The minimum absolute atomic E-state index is 0.0498. The lowest BCUT2D eigenvalue weighted by atomic mass is 10.1. The number of carbonyl (C=O) groups is 1. The van der Waals surface area contributed by atoms with Crippen molar-refractivity contribution in [2.75, 3.05) is 5.32 Å². The smallest absolute Gasteiger partial charge is 0.324 e. The molecule has 1 aliphatic rings. The average Bonchev–Trinajstić information content (AvgIpc) is 2.74. The fourth-order valence-electron chi connectivity index (χ4n) is 2.93. The van der Waals surface area contributed by atoms with E-state index in [1.165, 1.54) is 4.68 Å². The van der Waals surface area contributed by atoms with Crippen LogP contribution in [-0.4, -0.2) is 20.3 Å². The highest BCUT2D eigenvalue weighted by Crippen LogP contribution is 2.14. The molecule has 116 valence electrons. The maximum Gasteiger partial charge on any atom is 0.346 e. The van der Waals surface area contributed by atoms with Crippen molar-refractivity contribution in [2.45, 2.75) is 46.2 Å². The first-order valence-corrected chi connectivity index (χ1v) is 7.57. The minimum atomic E-state index is -0.234. The summed E-state index contributed by atoms with van der Waals surface area (Å²) >= 11 is 0. The van der Waals surface area contributed by atoms with Crippen LogP contribution in [0.5, 0.6) is 0 Å². The van der Waals surface area contributed by atoms with Crippen LogP contribution in [0, 0.1) is 13.8 Å². The number of hydrogen-bond acceptors (Lipinski definition) is 3. The minimum Gasteiger partial charge on any atom is -0.324 e. The Balaban J connectivity index is 1.74. The summed E-state index contributed by atoms with van der Waals surface area (Å²) in [5, 5.41) is 7.11. The van der Waals surface area contributed by atoms with Gasteiger partial charge in [0, 0.05) is 18.7 Å². The summed E-state index contributed by atoms with van der Waals surface area (Å²) in [6, 6.07) is 5.86. The quantitative estimate of drug-likeness (QED) is 0.937. The lowest BCUT2D eigenvalue weighted by Crippen LogP contribution is -2.30. The van der Waals surface area contributed by atoms with Crippen LogP contribution in [0.1, 0.15) is 29.8 Å². The third kappa shape index (κ3) is 2.95. The number of hydrogen-bond donors (Lipinski definition) is 1. The molecule has 2 aromatic rings. The largest absolute Gasteiger partial charge is 0.346 e. The van der Waals surface area contributed by atoms with Crippen LogP contribution in [0.15, 0.2) is 23.0 Å². The Kier molecular flexibility index (Phi) is 3.83. The van der Waals surface area contributed by atoms with E-state index >= 15 is 0 Å². The molecular formula is C16H20N4O2. The van der Waals surface area contributed by atoms with Gasteiger partial charge in [0.15, 0.2) is 0 Å². The van der Waals surface area contributed by atoms with Crippen molar-refractivity contribution in [2.24, 2.45) is 0 Å². The van der Waals surface area contributed by atoms with Gasteiger partial charge < -0.3 is 5.32 Å². The first-order chi connectivity index (χ1) is 10.5. The van der Waals surface area contributed by atoms with Crippen LogP contribution in [-0.2, 0) is 24.3 Å². The number of benzene rings is 1. The molecule has 0 fully saturated rings. The van der Waals surface area contributed by atoms with E-state index < -0.39 is 0 Å². The van der Waals surface area contributed by atoms with Crippen molar-refractivity contribution >= 4 is 11.6 Å². The third-order valence-corrected chi connectivity index (χ3v) is 3.83. The monoisotopic (exact) mass is 300 g/mol. The average molecular weight is 300 g/mol. The number of aryl methyl sites for hydroxylation is 3. The second-order valence-corrected chi connectivity index (χ2v) is 5.89. The summed E-state index contributed by atoms with van der Waals surface area (Å²) in [4.78, 5) is 24.3. The number of nitrogens with one attached hydrogen (secondary N) is 1. The van der Waals surface area contributed by atoms with Gasteiger partial charge in [0.1, 0.15) is 12.4 Å². The molecule has 1 aliphatic heterocycles. The molecule has 6 heteroatoms. The van der Waals surface area contributed by atoms with Crippen molar-refractivity contribution in [1.82, 2.24) is 14.3 Å². The number of rotatable bonds is 3. The van der Waals surface area contributed by atoms with Crippen LogP contribution >= 0.6 is 0 Å². The van der Waals surface area contributed by atoms with E-state index in [2.05, 4.69) is 10.4 Å². The van der Waals surface area contributed by atoms with Crippen molar-refractivity contribution in [1.29, 1.82) is 0 Å². The van der Waals surface area contributed by atoms with Crippen LogP contribution in [0.25, 0.3) is 0 Å². The Bertz CT molecular complexity index is 753. The van der Waals surface area contributed by atoms with Gasteiger partial charge in [-0.25, -0.2) is 9.48 Å². The lowest BCUT2D eigenvalue weighted by molar-refractivity contribution is -0.117. The van der Waals surface area contributed by atoms with Crippen molar-refractivity contribution < 1.29 is 4.79 Å². The second kappa shape index (κ2) is 5.79. The summed E-state index contributed by atoms with van der Waals surface area (Å²) in [6.45, 7) is 4.62. The highest BCUT2D eigenvalue weighted by Gasteiger charge is 2.18. The van der Waals surface area contributed by atoms with E-state index in [0.717, 1.165) is 41.9 Å². The molecule has 2 heterocycles. The molecule has 1 aromatic heterocycles. The predicted molar refractivity (Wildman–Crippen MR) is 84.0 cm³/mol. The predicted octanol–water partition coefficient (Wildman–Crippen LogP) is 1.64. The molecule has 6 nitrogen and oxygen atoms in total. The third-order valence-electron chi connectivity index (χ3n) is 3.83.